The maximum absolute atomic E-state index is 12.2. The molecule has 7 heteroatoms. The minimum absolute atomic E-state index is 0.0215. The van der Waals surface area contributed by atoms with Gasteiger partial charge in [0.25, 0.3) is 0 Å². The van der Waals surface area contributed by atoms with E-state index in [1.807, 2.05) is 10.3 Å². The summed E-state index contributed by atoms with van der Waals surface area (Å²) < 4.78 is 0. The van der Waals surface area contributed by atoms with E-state index in [2.05, 4.69) is 15.6 Å². The van der Waals surface area contributed by atoms with Crippen molar-refractivity contribution in [2.24, 2.45) is 5.92 Å². The molecule has 1 saturated carbocycles. The zero-order valence-electron chi connectivity index (χ0n) is 12.6. The third-order valence-corrected chi connectivity index (χ3v) is 5.08. The van der Waals surface area contributed by atoms with Crippen LogP contribution in [0.5, 0.6) is 0 Å². The average molecular weight is 322 g/mol. The van der Waals surface area contributed by atoms with Crippen LogP contribution in [0.3, 0.4) is 0 Å². The molecular formula is C15H22N4O2S. The van der Waals surface area contributed by atoms with Gasteiger partial charge in [-0.15, -0.1) is 11.3 Å². The summed E-state index contributed by atoms with van der Waals surface area (Å²) in [6.45, 7) is 1.80. The zero-order chi connectivity index (χ0) is 15.4. The number of thiazole rings is 1. The molecule has 2 aliphatic rings. The van der Waals surface area contributed by atoms with Crippen LogP contribution in [0, 0.1) is 5.92 Å². The highest BCUT2D eigenvalue weighted by molar-refractivity contribution is 7.13. The van der Waals surface area contributed by atoms with Gasteiger partial charge in [0.1, 0.15) is 0 Å². The van der Waals surface area contributed by atoms with E-state index in [1.54, 1.807) is 6.20 Å². The number of anilines is 1. The van der Waals surface area contributed by atoms with E-state index in [1.165, 1.54) is 24.2 Å². The van der Waals surface area contributed by atoms with Crippen LogP contribution in [0.2, 0.25) is 0 Å². The molecule has 2 amide bonds. The summed E-state index contributed by atoms with van der Waals surface area (Å²) >= 11 is 1.41. The highest BCUT2D eigenvalue weighted by atomic mass is 32.1. The molecule has 1 aromatic rings. The van der Waals surface area contributed by atoms with Crippen molar-refractivity contribution in [3.8, 4) is 0 Å². The molecule has 120 valence electrons. The second-order valence-corrected chi connectivity index (χ2v) is 6.99. The van der Waals surface area contributed by atoms with Crippen LogP contribution in [0.1, 0.15) is 32.1 Å². The summed E-state index contributed by atoms with van der Waals surface area (Å²) in [5.41, 5.74) is 0. The van der Waals surface area contributed by atoms with Crippen LogP contribution in [-0.4, -0.2) is 47.4 Å². The van der Waals surface area contributed by atoms with Crippen molar-refractivity contribution in [2.45, 2.75) is 38.1 Å². The van der Waals surface area contributed by atoms with Gasteiger partial charge < -0.3 is 10.6 Å². The number of nitrogens with zero attached hydrogens (tertiary/aromatic N) is 2. The first-order valence-corrected chi connectivity index (χ1v) is 8.81. The Balaban J connectivity index is 1.41. The van der Waals surface area contributed by atoms with Gasteiger partial charge in [0.05, 0.1) is 12.5 Å². The number of carbonyl (C=O) groups is 2. The number of hydrogen-bond acceptors (Lipinski definition) is 5. The molecule has 0 aromatic carbocycles. The first-order valence-electron chi connectivity index (χ1n) is 7.93. The summed E-state index contributed by atoms with van der Waals surface area (Å²) in [7, 11) is 0. The lowest BCUT2D eigenvalue weighted by Gasteiger charge is -2.17. The Morgan fingerprint density at radius 3 is 2.86 bits per heavy atom. The van der Waals surface area contributed by atoms with Crippen molar-refractivity contribution in [3.63, 3.8) is 0 Å². The van der Waals surface area contributed by atoms with E-state index in [0.717, 1.165) is 25.8 Å². The second-order valence-electron chi connectivity index (χ2n) is 6.10. The topological polar surface area (TPSA) is 74.3 Å². The molecule has 2 N–H and O–H groups in total. The molecule has 0 bridgehead atoms. The Hall–Kier alpha value is -1.47. The molecule has 1 aromatic heterocycles. The SMILES string of the molecule is O=C(CN1CC[C@@H](C(=O)NC2CCCC2)C1)Nc1nccs1. The third-order valence-electron chi connectivity index (χ3n) is 4.39. The maximum atomic E-state index is 12.2. The van der Waals surface area contributed by atoms with E-state index in [0.29, 0.717) is 24.3 Å². The molecule has 0 spiro atoms. The van der Waals surface area contributed by atoms with Crippen molar-refractivity contribution in [1.82, 2.24) is 15.2 Å². The standard InChI is InChI=1S/C15H22N4O2S/c20-13(18-15-16-6-8-22-15)10-19-7-5-11(9-19)14(21)17-12-3-1-2-4-12/h6,8,11-12H,1-5,7,9-10H2,(H,17,21)(H,16,18,20)/t11-/m1/s1. The fourth-order valence-corrected chi connectivity index (χ4v) is 3.77. The van der Waals surface area contributed by atoms with Crippen molar-refractivity contribution in [3.05, 3.63) is 11.6 Å². The number of rotatable bonds is 5. The summed E-state index contributed by atoms with van der Waals surface area (Å²) in [6, 6.07) is 0.370. The van der Waals surface area contributed by atoms with E-state index in [-0.39, 0.29) is 17.7 Å². The van der Waals surface area contributed by atoms with Crippen LogP contribution in [0.15, 0.2) is 11.6 Å². The molecule has 1 atom stereocenters. The average Bonchev–Trinajstić information content (AvgIpc) is 3.19. The largest absolute Gasteiger partial charge is 0.353 e. The molecule has 3 rings (SSSR count). The molecule has 6 nitrogen and oxygen atoms in total. The third kappa shape index (κ3) is 4.04. The molecule has 0 radical (unpaired) electrons. The Kier molecular flexibility index (Phi) is 5.04. The molecule has 1 aliphatic heterocycles. The molecular weight excluding hydrogens is 300 g/mol. The highest BCUT2D eigenvalue weighted by Crippen LogP contribution is 2.21. The van der Waals surface area contributed by atoms with E-state index in [4.69, 9.17) is 0 Å². The normalized spacial score (nSPS) is 22.8. The predicted octanol–water partition coefficient (Wildman–Crippen LogP) is 1.46. The molecule has 22 heavy (non-hydrogen) atoms. The highest BCUT2D eigenvalue weighted by Gasteiger charge is 2.30. The van der Waals surface area contributed by atoms with Gasteiger partial charge in [0, 0.05) is 24.2 Å². The van der Waals surface area contributed by atoms with Crippen LogP contribution in [0.25, 0.3) is 0 Å². The predicted molar refractivity (Wildman–Crippen MR) is 85.7 cm³/mol. The quantitative estimate of drug-likeness (QED) is 0.861. The van der Waals surface area contributed by atoms with Gasteiger partial charge in [-0.05, 0) is 25.8 Å². The van der Waals surface area contributed by atoms with Crippen LogP contribution in [0.4, 0.5) is 5.13 Å². The van der Waals surface area contributed by atoms with Crippen LogP contribution < -0.4 is 10.6 Å². The Morgan fingerprint density at radius 2 is 2.14 bits per heavy atom. The minimum atomic E-state index is -0.0631. The van der Waals surface area contributed by atoms with Crippen molar-refractivity contribution in [1.29, 1.82) is 0 Å². The molecule has 1 aliphatic carbocycles. The molecule has 2 fully saturated rings. The minimum Gasteiger partial charge on any atom is -0.353 e. The van der Waals surface area contributed by atoms with Gasteiger partial charge in [0.2, 0.25) is 11.8 Å². The fourth-order valence-electron chi connectivity index (χ4n) is 3.23. The lowest BCUT2D eigenvalue weighted by atomic mass is 10.1. The van der Waals surface area contributed by atoms with Crippen molar-refractivity contribution < 1.29 is 9.59 Å². The zero-order valence-corrected chi connectivity index (χ0v) is 13.4. The molecule has 0 unspecified atom stereocenters. The van der Waals surface area contributed by atoms with E-state index in [9.17, 15) is 9.59 Å². The van der Waals surface area contributed by atoms with E-state index >= 15 is 0 Å². The Labute approximate surface area is 134 Å². The number of likely N-dealkylation sites (tertiary alicyclic amines) is 1. The summed E-state index contributed by atoms with van der Waals surface area (Å²) in [5, 5.41) is 8.39. The fraction of sp³-hybridized carbons (Fsp3) is 0.667. The number of amides is 2. The van der Waals surface area contributed by atoms with Gasteiger partial charge in [-0.1, -0.05) is 12.8 Å². The van der Waals surface area contributed by atoms with Gasteiger partial charge in [0.15, 0.2) is 5.13 Å². The second kappa shape index (κ2) is 7.19. The lowest BCUT2D eigenvalue weighted by Crippen LogP contribution is -2.39. The summed E-state index contributed by atoms with van der Waals surface area (Å²) in [5.74, 6) is 0.120. The van der Waals surface area contributed by atoms with Gasteiger partial charge in [-0.3, -0.25) is 14.5 Å². The van der Waals surface area contributed by atoms with E-state index < -0.39 is 0 Å². The van der Waals surface area contributed by atoms with Crippen LogP contribution >= 0.6 is 11.3 Å². The number of nitrogens with one attached hydrogen (secondary N) is 2. The van der Waals surface area contributed by atoms with Gasteiger partial charge in [-0.2, -0.15) is 0 Å². The smallest absolute Gasteiger partial charge is 0.240 e. The van der Waals surface area contributed by atoms with Crippen molar-refractivity contribution >= 4 is 28.3 Å². The lowest BCUT2D eigenvalue weighted by molar-refractivity contribution is -0.125. The first kappa shape index (κ1) is 15.4. The number of aromatic nitrogens is 1. The summed E-state index contributed by atoms with van der Waals surface area (Å²) in [4.78, 5) is 30.3. The van der Waals surface area contributed by atoms with Crippen molar-refractivity contribution in [2.75, 3.05) is 25.0 Å². The summed E-state index contributed by atoms with van der Waals surface area (Å²) in [6.07, 6.45) is 7.16. The van der Waals surface area contributed by atoms with Gasteiger partial charge in [-0.25, -0.2) is 4.98 Å². The van der Waals surface area contributed by atoms with Gasteiger partial charge >= 0.3 is 0 Å². The Morgan fingerprint density at radius 1 is 1.32 bits per heavy atom. The number of hydrogen-bond donors (Lipinski definition) is 2. The van der Waals surface area contributed by atoms with Crippen LogP contribution in [-0.2, 0) is 9.59 Å². The molecule has 1 saturated heterocycles. The maximum Gasteiger partial charge on any atom is 0.240 e. The molecule has 2 heterocycles. The monoisotopic (exact) mass is 322 g/mol. The Bertz CT molecular complexity index is 514. The first-order chi connectivity index (χ1) is 10.7. The number of carbonyl (C=O) groups excluding carboxylic acids is 2.